The average Bonchev–Trinajstić information content (AvgIpc) is 2.27. The zero-order valence-electron chi connectivity index (χ0n) is 9.02. The van der Waals surface area contributed by atoms with Crippen LogP contribution in [0.2, 0.25) is 0 Å². The Hall–Kier alpha value is -0.610. The molecule has 0 heterocycles. The SMILES string of the molecule is O=C(CC1CCCCC1)OC[C@@H](O)CO. The van der Waals surface area contributed by atoms with E-state index in [-0.39, 0.29) is 19.2 Å². The van der Waals surface area contributed by atoms with Gasteiger partial charge in [-0.05, 0) is 18.8 Å². The third kappa shape index (κ3) is 5.14. The number of aliphatic hydroxyl groups is 2. The lowest BCUT2D eigenvalue weighted by atomic mass is 9.87. The molecule has 1 fully saturated rings. The molecule has 0 amide bonds. The molecule has 0 aromatic heterocycles. The molecule has 4 nitrogen and oxygen atoms in total. The van der Waals surface area contributed by atoms with E-state index in [1.807, 2.05) is 0 Å². The third-order valence-corrected chi connectivity index (χ3v) is 2.83. The van der Waals surface area contributed by atoms with Gasteiger partial charge in [0.1, 0.15) is 12.7 Å². The molecular weight excluding hydrogens is 196 g/mol. The van der Waals surface area contributed by atoms with E-state index in [1.165, 1.54) is 19.3 Å². The molecule has 15 heavy (non-hydrogen) atoms. The van der Waals surface area contributed by atoms with Crippen molar-refractivity contribution in [3.05, 3.63) is 0 Å². The number of carbonyl (C=O) groups excluding carboxylic acids is 1. The first kappa shape index (κ1) is 12.5. The van der Waals surface area contributed by atoms with Crippen LogP contribution in [0, 0.1) is 5.92 Å². The molecule has 1 atom stereocenters. The van der Waals surface area contributed by atoms with Crippen molar-refractivity contribution in [3.8, 4) is 0 Å². The van der Waals surface area contributed by atoms with Crippen LogP contribution >= 0.6 is 0 Å². The van der Waals surface area contributed by atoms with Crippen molar-refractivity contribution in [2.45, 2.75) is 44.6 Å². The smallest absolute Gasteiger partial charge is 0.306 e. The standard InChI is InChI=1S/C11H20O4/c12-7-10(13)8-15-11(14)6-9-4-2-1-3-5-9/h9-10,12-13H,1-8H2/t10-/m0/s1. The molecule has 0 unspecified atom stereocenters. The van der Waals surface area contributed by atoms with Gasteiger partial charge < -0.3 is 14.9 Å². The second-order valence-electron chi connectivity index (χ2n) is 4.23. The molecule has 0 aliphatic heterocycles. The number of hydrogen-bond acceptors (Lipinski definition) is 4. The van der Waals surface area contributed by atoms with Crippen molar-refractivity contribution in [1.29, 1.82) is 0 Å². The van der Waals surface area contributed by atoms with Crippen molar-refractivity contribution < 1.29 is 19.7 Å². The van der Waals surface area contributed by atoms with E-state index >= 15 is 0 Å². The van der Waals surface area contributed by atoms with Gasteiger partial charge in [-0.2, -0.15) is 0 Å². The summed E-state index contributed by atoms with van der Waals surface area (Å²) in [6.45, 7) is -0.460. The summed E-state index contributed by atoms with van der Waals surface area (Å²) >= 11 is 0. The third-order valence-electron chi connectivity index (χ3n) is 2.83. The quantitative estimate of drug-likeness (QED) is 0.669. The van der Waals surface area contributed by atoms with Gasteiger partial charge in [-0.15, -0.1) is 0 Å². The van der Waals surface area contributed by atoms with E-state index in [9.17, 15) is 4.79 Å². The van der Waals surface area contributed by atoms with Crippen LogP contribution in [-0.4, -0.2) is 35.5 Å². The lowest BCUT2D eigenvalue weighted by molar-refractivity contribution is -0.148. The van der Waals surface area contributed by atoms with E-state index in [2.05, 4.69) is 0 Å². The zero-order chi connectivity index (χ0) is 11.1. The van der Waals surface area contributed by atoms with E-state index in [0.717, 1.165) is 12.8 Å². The minimum atomic E-state index is -0.944. The van der Waals surface area contributed by atoms with Crippen molar-refractivity contribution in [2.75, 3.05) is 13.2 Å². The Kier molecular flexibility index (Phi) is 5.65. The highest BCUT2D eigenvalue weighted by atomic mass is 16.5. The first-order valence-electron chi connectivity index (χ1n) is 5.67. The van der Waals surface area contributed by atoms with Crippen LogP contribution in [0.15, 0.2) is 0 Å². The molecule has 0 radical (unpaired) electrons. The van der Waals surface area contributed by atoms with Gasteiger partial charge in [-0.25, -0.2) is 0 Å². The summed E-state index contributed by atoms with van der Waals surface area (Å²) in [7, 11) is 0. The highest BCUT2D eigenvalue weighted by Gasteiger charge is 2.18. The maximum absolute atomic E-state index is 11.3. The maximum atomic E-state index is 11.3. The highest BCUT2D eigenvalue weighted by Crippen LogP contribution is 2.26. The molecule has 1 aliphatic carbocycles. The fraction of sp³-hybridized carbons (Fsp3) is 0.909. The van der Waals surface area contributed by atoms with Crippen LogP contribution in [0.5, 0.6) is 0 Å². The number of ether oxygens (including phenoxy) is 1. The van der Waals surface area contributed by atoms with Crippen molar-refractivity contribution in [1.82, 2.24) is 0 Å². The molecule has 0 aromatic carbocycles. The molecule has 0 aromatic rings. The number of hydrogen-bond donors (Lipinski definition) is 2. The van der Waals surface area contributed by atoms with Gasteiger partial charge in [0.05, 0.1) is 6.61 Å². The largest absolute Gasteiger partial charge is 0.463 e. The van der Waals surface area contributed by atoms with Gasteiger partial charge in [0.2, 0.25) is 0 Å². The molecule has 1 saturated carbocycles. The second kappa shape index (κ2) is 6.80. The zero-order valence-corrected chi connectivity index (χ0v) is 9.02. The average molecular weight is 216 g/mol. The lowest BCUT2D eigenvalue weighted by Crippen LogP contribution is -2.23. The minimum absolute atomic E-state index is 0.0952. The molecular formula is C11H20O4. The molecule has 0 saturated heterocycles. The summed E-state index contributed by atoms with van der Waals surface area (Å²) in [5.74, 6) is 0.201. The normalized spacial score (nSPS) is 19.9. The van der Waals surface area contributed by atoms with Gasteiger partial charge in [0.25, 0.3) is 0 Å². The first-order valence-corrected chi connectivity index (χ1v) is 5.67. The lowest BCUT2D eigenvalue weighted by Gasteiger charge is -2.20. The molecule has 1 rings (SSSR count). The van der Waals surface area contributed by atoms with Gasteiger partial charge >= 0.3 is 5.97 Å². The number of carbonyl (C=O) groups is 1. The number of rotatable bonds is 5. The van der Waals surface area contributed by atoms with Gasteiger partial charge in [0.15, 0.2) is 0 Å². The van der Waals surface area contributed by atoms with Gasteiger partial charge in [-0.1, -0.05) is 19.3 Å². The molecule has 88 valence electrons. The van der Waals surface area contributed by atoms with Crippen molar-refractivity contribution >= 4 is 5.97 Å². The highest BCUT2D eigenvalue weighted by molar-refractivity contribution is 5.69. The van der Waals surface area contributed by atoms with E-state index in [4.69, 9.17) is 14.9 Å². The predicted molar refractivity (Wildman–Crippen MR) is 55.2 cm³/mol. The van der Waals surface area contributed by atoms with Crippen molar-refractivity contribution in [3.63, 3.8) is 0 Å². The van der Waals surface area contributed by atoms with Crippen LogP contribution in [-0.2, 0) is 9.53 Å². The van der Waals surface area contributed by atoms with Crippen LogP contribution in [0.1, 0.15) is 38.5 Å². The summed E-state index contributed by atoms with van der Waals surface area (Å²) in [6, 6.07) is 0. The first-order chi connectivity index (χ1) is 7.22. The summed E-state index contributed by atoms with van der Waals surface area (Å²) in [4.78, 5) is 11.3. The van der Waals surface area contributed by atoms with Crippen LogP contribution in [0.25, 0.3) is 0 Å². The van der Waals surface area contributed by atoms with Crippen LogP contribution in [0.4, 0.5) is 0 Å². The van der Waals surface area contributed by atoms with Gasteiger partial charge in [0, 0.05) is 6.42 Å². The number of esters is 1. The van der Waals surface area contributed by atoms with E-state index in [1.54, 1.807) is 0 Å². The Morgan fingerprint density at radius 2 is 2.00 bits per heavy atom. The molecule has 0 bridgehead atoms. The Morgan fingerprint density at radius 3 is 2.60 bits per heavy atom. The molecule has 1 aliphatic rings. The van der Waals surface area contributed by atoms with E-state index in [0.29, 0.717) is 12.3 Å². The minimum Gasteiger partial charge on any atom is -0.463 e. The fourth-order valence-corrected chi connectivity index (χ4v) is 1.93. The van der Waals surface area contributed by atoms with E-state index < -0.39 is 6.10 Å². The van der Waals surface area contributed by atoms with Crippen LogP contribution < -0.4 is 0 Å². The Morgan fingerprint density at radius 1 is 1.33 bits per heavy atom. The summed E-state index contributed by atoms with van der Waals surface area (Å²) in [6.07, 6.45) is 5.41. The summed E-state index contributed by atoms with van der Waals surface area (Å²) < 4.78 is 4.85. The topological polar surface area (TPSA) is 66.8 Å². The Balaban J connectivity index is 2.11. The fourth-order valence-electron chi connectivity index (χ4n) is 1.93. The number of aliphatic hydroxyl groups excluding tert-OH is 2. The maximum Gasteiger partial charge on any atom is 0.306 e. The molecule has 2 N–H and O–H groups in total. The Bertz CT molecular complexity index is 187. The monoisotopic (exact) mass is 216 g/mol. The molecule has 4 heteroatoms. The Labute approximate surface area is 90.2 Å². The van der Waals surface area contributed by atoms with Crippen LogP contribution in [0.3, 0.4) is 0 Å². The molecule has 0 spiro atoms. The predicted octanol–water partition coefficient (Wildman–Crippen LogP) is 0.853. The van der Waals surface area contributed by atoms with Gasteiger partial charge in [-0.3, -0.25) is 4.79 Å². The summed E-state index contributed by atoms with van der Waals surface area (Å²) in [5, 5.41) is 17.5. The summed E-state index contributed by atoms with van der Waals surface area (Å²) in [5.41, 5.74) is 0. The second-order valence-corrected chi connectivity index (χ2v) is 4.23. The van der Waals surface area contributed by atoms with Crippen molar-refractivity contribution in [2.24, 2.45) is 5.92 Å².